The molecule has 0 aliphatic carbocycles. The average molecular weight is 357 g/mol. The minimum absolute atomic E-state index is 0.127. The third-order valence-corrected chi connectivity index (χ3v) is 5.26. The van der Waals surface area contributed by atoms with E-state index in [2.05, 4.69) is 9.82 Å². The van der Waals surface area contributed by atoms with Gasteiger partial charge in [-0.1, -0.05) is 36.4 Å². The van der Waals surface area contributed by atoms with Gasteiger partial charge in [0.25, 0.3) is 0 Å². The van der Waals surface area contributed by atoms with Crippen LogP contribution in [-0.2, 0) is 23.1 Å². The van der Waals surface area contributed by atoms with E-state index in [0.29, 0.717) is 12.3 Å². The summed E-state index contributed by atoms with van der Waals surface area (Å²) in [7, 11) is -2.23. The molecule has 0 aliphatic heterocycles. The molecule has 0 amide bonds. The maximum absolute atomic E-state index is 12.6. The van der Waals surface area contributed by atoms with Gasteiger partial charge in [0.15, 0.2) is 0 Å². The highest BCUT2D eigenvalue weighted by Crippen LogP contribution is 2.23. The first kappa shape index (κ1) is 17.2. The maximum Gasteiger partial charge on any atom is 0.244 e. The van der Waals surface area contributed by atoms with E-state index in [0.717, 1.165) is 11.1 Å². The number of hydrogen-bond acceptors (Lipinski definition) is 4. The first-order valence-electron chi connectivity index (χ1n) is 7.77. The molecule has 7 heteroatoms. The predicted molar refractivity (Wildman–Crippen MR) is 94.8 cm³/mol. The fourth-order valence-electron chi connectivity index (χ4n) is 2.54. The van der Waals surface area contributed by atoms with Crippen molar-refractivity contribution in [1.82, 2.24) is 14.5 Å². The van der Waals surface area contributed by atoms with Crippen LogP contribution in [0.25, 0.3) is 0 Å². The van der Waals surface area contributed by atoms with E-state index in [1.165, 1.54) is 13.2 Å². The molecule has 0 aliphatic rings. The van der Waals surface area contributed by atoms with Crippen molar-refractivity contribution in [2.24, 2.45) is 0 Å². The first-order valence-corrected chi connectivity index (χ1v) is 9.25. The summed E-state index contributed by atoms with van der Waals surface area (Å²) in [6.45, 7) is 0.775. The Bertz CT molecular complexity index is 938. The number of ether oxygens (including phenoxy) is 1. The topological polar surface area (TPSA) is 73.2 Å². The van der Waals surface area contributed by atoms with Crippen molar-refractivity contribution in [3.63, 3.8) is 0 Å². The van der Waals surface area contributed by atoms with E-state index >= 15 is 0 Å². The van der Waals surface area contributed by atoms with Crippen LogP contribution in [0.4, 0.5) is 0 Å². The van der Waals surface area contributed by atoms with Gasteiger partial charge in [-0.15, -0.1) is 0 Å². The van der Waals surface area contributed by atoms with Crippen LogP contribution < -0.4 is 9.46 Å². The molecule has 3 aromatic rings. The normalized spacial score (nSPS) is 11.4. The molecule has 2 aromatic carbocycles. The maximum atomic E-state index is 12.6. The molecule has 0 bridgehead atoms. The van der Waals surface area contributed by atoms with Crippen LogP contribution in [0.15, 0.2) is 71.9 Å². The molecular formula is C18H19N3O3S. The molecule has 0 unspecified atom stereocenters. The van der Waals surface area contributed by atoms with Crippen LogP contribution in [0, 0.1) is 0 Å². The third kappa shape index (κ3) is 4.07. The Kier molecular flexibility index (Phi) is 5.16. The second-order valence-electron chi connectivity index (χ2n) is 5.45. The lowest BCUT2D eigenvalue weighted by Gasteiger charge is -2.13. The third-order valence-electron chi connectivity index (χ3n) is 3.82. The summed E-state index contributed by atoms with van der Waals surface area (Å²) < 4.78 is 34.8. The molecule has 1 heterocycles. The van der Waals surface area contributed by atoms with E-state index in [4.69, 9.17) is 4.74 Å². The van der Waals surface area contributed by atoms with Gasteiger partial charge in [-0.3, -0.25) is 4.68 Å². The highest BCUT2D eigenvalue weighted by Gasteiger charge is 2.19. The zero-order valence-electron chi connectivity index (χ0n) is 13.8. The average Bonchev–Trinajstić information content (AvgIpc) is 3.14. The lowest BCUT2D eigenvalue weighted by Crippen LogP contribution is -2.24. The van der Waals surface area contributed by atoms with Gasteiger partial charge >= 0.3 is 0 Å². The van der Waals surface area contributed by atoms with Crippen molar-refractivity contribution >= 4 is 10.0 Å². The Morgan fingerprint density at radius 1 is 1.04 bits per heavy atom. The number of hydrogen-bond donors (Lipinski definition) is 1. The fourth-order valence-corrected chi connectivity index (χ4v) is 3.72. The molecule has 0 atom stereocenters. The highest BCUT2D eigenvalue weighted by molar-refractivity contribution is 7.89. The lowest BCUT2D eigenvalue weighted by molar-refractivity contribution is 0.402. The molecule has 1 aromatic heterocycles. The van der Waals surface area contributed by atoms with Crippen molar-refractivity contribution < 1.29 is 13.2 Å². The molecule has 3 rings (SSSR count). The Labute approximate surface area is 147 Å². The first-order chi connectivity index (χ1) is 12.1. The van der Waals surface area contributed by atoms with Gasteiger partial charge in [0.05, 0.1) is 13.7 Å². The van der Waals surface area contributed by atoms with Crippen LogP contribution in [-0.4, -0.2) is 25.3 Å². The smallest absolute Gasteiger partial charge is 0.244 e. The van der Waals surface area contributed by atoms with Crippen LogP contribution in [0.1, 0.15) is 11.1 Å². The molecule has 0 fully saturated rings. The number of nitrogens with one attached hydrogen (secondary N) is 1. The number of methoxy groups -OCH3 is 1. The Hall–Kier alpha value is -2.64. The zero-order valence-corrected chi connectivity index (χ0v) is 14.6. The van der Waals surface area contributed by atoms with Crippen molar-refractivity contribution in [2.75, 3.05) is 7.11 Å². The SMILES string of the molecule is COc1ccccc1S(=O)(=O)NCc1ccccc1Cn1cccn1. The molecular weight excluding hydrogens is 338 g/mol. The van der Waals surface area contributed by atoms with E-state index < -0.39 is 10.0 Å². The van der Waals surface area contributed by atoms with Crippen molar-refractivity contribution in [3.05, 3.63) is 78.1 Å². The minimum Gasteiger partial charge on any atom is -0.495 e. The number of benzene rings is 2. The number of nitrogens with zero attached hydrogens (tertiary/aromatic N) is 2. The highest BCUT2D eigenvalue weighted by atomic mass is 32.2. The van der Waals surface area contributed by atoms with Crippen LogP contribution >= 0.6 is 0 Å². The number of rotatable bonds is 7. The van der Waals surface area contributed by atoms with E-state index in [1.807, 2.05) is 36.5 Å². The van der Waals surface area contributed by atoms with Gasteiger partial charge < -0.3 is 4.74 Å². The molecule has 25 heavy (non-hydrogen) atoms. The zero-order chi connectivity index (χ0) is 17.7. The Morgan fingerprint density at radius 3 is 2.48 bits per heavy atom. The summed E-state index contributed by atoms with van der Waals surface area (Å²) in [5.41, 5.74) is 1.91. The van der Waals surface area contributed by atoms with Gasteiger partial charge in [0.1, 0.15) is 10.6 Å². The molecule has 0 saturated carbocycles. The Balaban J connectivity index is 1.79. The van der Waals surface area contributed by atoms with Crippen LogP contribution in [0.3, 0.4) is 0 Å². The van der Waals surface area contributed by atoms with Crippen LogP contribution in [0.5, 0.6) is 5.75 Å². The summed E-state index contributed by atoms with van der Waals surface area (Å²) in [6.07, 6.45) is 3.59. The fraction of sp³-hybridized carbons (Fsp3) is 0.167. The van der Waals surface area contributed by atoms with Crippen molar-refractivity contribution in [3.8, 4) is 5.75 Å². The monoisotopic (exact) mass is 357 g/mol. The molecule has 0 saturated heterocycles. The summed E-state index contributed by atoms with van der Waals surface area (Å²) in [5.74, 6) is 0.319. The molecule has 6 nitrogen and oxygen atoms in total. The number of sulfonamides is 1. The largest absolute Gasteiger partial charge is 0.495 e. The Morgan fingerprint density at radius 2 is 1.76 bits per heavy atom. The van der Waals surface area contributed by atoms with Gasteiger partial charge in [-0.25, -0.2) is 13.1 Å². The predicted octanol–water partition coefficient (Wildman–Crippen LogP) is 2.42. The lowest BCUT2D eigenvalue weighted by atomic mass is 10.1. The van der Waals surface area contributed by atoms with Crippen molar-refractivity contribution in [2.45, 2.75) is 18.0 Å². The number of aromatic nitrogens is 2. The minimum atomic E-state index is -3.68. The van der Waals surface area contributed by atoms with Crippen molar-refractivity contribution in [1.29, 1.82) is 0 Å². The second kappa shape index (κ2) is 7.50. The van der Waals surface area contributed by atoms with Gasteiger partial charge in [0, 0.05) is 18.9 Å². The van der Waals surface area contributed by atoms with Gasteiger partial charge in [-0.05, 0) is 29.3 Å². The summed E-state index contributed by atoms with van der Waals surface area (Å²) in [5, 5.41) is 4.19. The second-order valence-corrected chi connectivity index (χ2v) is 7.18. The summed E-state index contributed by atoms with van der Waals surface area (Å²) >= 11 is 0. The molecule has 0 radical (unpaired) electrons. The van der Waals surface area contributed by atoms with Gasteiger partial charge in [-0.2, -0.15) is 5.10 Å². The molecule has 130 valence electrons. The van der Waals surface area contributed by atoms with Crippen LogP contribution in [0.2, 0.25) is 0 Å². The number of para-hydroxylation sites is 1. The summed E-state index contributed by atoms with van der Waals surface area (Å²) in [4.78, 5) is 0.127. The van der Waals surface area contributed by atoms with E-state index in [1.54, 1.807) is 29.1 Å². The molecule has 0 spiro atoms. The van der Waals surface area contributed by atoms with E-state index in [9.17, 15) is 8.42 Å². The standard InChI is InChI=1S/C18H19N3O3S/c1-24-17-9-4-5-10-18(17)25(22,23)20-13-15-7-2-3-8-16(15)14-21-12-6-11-19-21/h2-12,20H,13-14H2,1H3. The van der Waals surface area contributed by atoms with E-state index in [-0.39, 0.29) is 11.4 Å². The quantitative estimate of drug-likeness (QED) is 0.705. The molecule has 1 N–H and O–H groups in total. The summed E-state index contributed by atoms with van der Waals surface area (Å²) in [6, 6.07) is 16.1. The van der Waals surface area contributed by atoms with Gasteiger partial charge in [0.2, 0.25) is 10.0 Å².